The van der Waals surface area contributed by atoms with E-state index in [-0.39, 0.29) is 35.8 Å². The highest BCUT2D eigenvalue weighted by Gasteiger charge is 2.18. The van der Waals surface area contributed by atoms with Crippen LogP contribution in [0.5, 0.6) is 5.75 Å². The monoisotopic (exact) mass is 401 g/mol. The van der Waals surface area contributed by atoms with Gasteiger partial charge in [0.2, 0.25) is 0 Å². The molecule has 26 heavy (non-hydrogen) atoms. The lowest BCUT2D eigenvalue weighted by molar-refractivity contribution is 0.0879. The van der Waals surface area contributed by atoms with Crippen LogP contribution in [-0.2, 0) is 9.47 Å². The molecule has 0 amide bonds. The summed E-state index contributed by atoms with van der Waals surface area (Å²) in [4.78, 5) is 17.0. The summed E-state index contributed by atoms with van der Waals surface area (Å²) in [6.07, 6.45) is 1.46. The molecule has 0 aliphatic rings. The number of hydrogen-bond donors (Lipinski definition) is 1. The van der Waals surface area contributed by atoms with Crippen molar-refractivity contribution in [3.63, 3.8) is 0 Å². The normalized spacial score (nSPS) is 11.0. The molecule has 7 nitrogen and oxygen atoms in total. The van der Waals surface area contributed by atoms with Gasteiger partial charge in [-0.25, -0.2) is 4.98 Å². The second-order valence-electron chi connectivity index (χ2n) is 5.62. The van der Waals surface area contributed by atoms with Gasteiger partial charge in [0.25, 0.3) is 5.56 Å². The van der Waals surface area contributed by atoms with Crippen molar-refractivity contribution in [1.29, 1.82) is 0 Å². The highest BCUT2D eigenvalue weighted by atomic mass is 35.5. The summed E-state index contributed by atoms with van der Waals surface area (Å²) in [6.45, 7) is 2.42. The maximum Gasteiger partial charge on any atom is 0.294 e. The lowest BCUT2D eigenvalue weighted by atomic mass is 10.2. The summed E-state index contributed by atoms with van der Waals surface area (Å²) in [5.41, 5.74) is 0.994. The van der Waals surface area contributed by atoms with Crippen LogP contribution in [0, 0.1) is 6.92 Å². The summed E-state index contributed by atoms with van der Waals surface area (Å²) < 4.78 is 17.0. The Hall–Kier alpha value is -1.80. The number of halogens is 2. The first-order valence-electron chi connectivity index (χ1n) is 7.79. The van der Waals surface area contributed by atoms with E-state index < -0.39 is 0 Å². The zero-order chi connectivity index (χ0) is 19.3. The molecule has 2 aromatic rings. The third-order valence-electron chi connectivity index (χ3n) is 3.75. The van der Waals surface area contributed by atoms with Crippen molar-refractivity contribution in [3.05, 3.63) is 44.4 Å². The Bertz CT molecular complexity index is 797. The number of ether oxygens (including phenoxy) is 3. The molecule has 0 aliphatic carbocycles. The first-order chi connectivity index (χ1) is 12.4. The molecular formula is C17H21Cl2N3O4. The van der Waals surface area contributed by atoms with Gasteiger partial charge >= 0.3 is 0 Å². The van der Waals surface area contributed by atoms with Crippen LogP contribution in [0.25, 0.3) is 0 Å². The van der Waals surface area contributed by atoms with E-state index in [2.05, 4.69) is 10.3 Å². The minimum absolute atomic E-state index is 0.0601. The van der Waals surface area contributed by atoms with Crippen LogP contribution in [0.15, 0.2) is 23.1 Å². The lowest BCUT2D eigenvalue weighted by Crippen LogP contribution is -2.32. The van der Waals surface area contributed by atoms with Crippen LogP contribution in [0.1, 0.15) is 11.6 Å². The van der Waals surface area contributed by atoms with Crippen LogP contribution < -0.4 is 15.6 Å². The molecule has 142 valence electrons. The van der Waals surface area contributed by atoms with E-state index in [0.717, 1.165) is 5.56 Å². The summed E-state index contributed by atoms with van der Waals surface area (Å²) in [5, 5.41) is 3.54. The molecule has 0 unspecified atom stereocenters. The smallest absolute Gasteiger partial charge is 0.294 e. The third-order valence-corrected chi connectivity index (χ3v) is 4.23. The molecule has 2 rings (SSSR count). The maximum atomic E-state index is 12.9. The lowest BCUT2D eigenvalue weighted by Gasteiger charge is -2.20. The fraction of sp³-hybridized carbons (Fsp3) is 0.412. The average Bonchev–Trinajstić information content (AvgIpc) is 2.60. The zero-order valence-electron chi connectivity index (χ0n) is 15.0. The first-order valence-corrected chi connectivity index (χ1v) is 8.54. The number of benzene rings is 1. The minimum Gasteiger partial charge on any atom is -0.497 e. The van der Waals surface area contributed by atoms with Crippen molar-refractivity contribution >= 4 is 34.7 Å². The van der Waals surface area contributed by atoms with E-state index in [1.807, 2.05) is 6.92 Å². The highest BCUT2D eigenvalue weighted by Crippen LogP contribution is 2.32. The number of hydrogen-bond acceptors (Lipinski definition) is 6. The zero-order valence-corrected chi connectivity index (χ0v) is 16.5. The molecule has 0 saturated carbocycles. The summed E-state index contributed by atoms with van der Waals surface area (Å²) in [6, 6.07) is 3.11. The van der Waals surface area contributed by atoms with Crippen molar-refractivity contribution in [3.8, 4) is 5.75 Å². The summed E-state index contributed by atoms with van der Waals surface area (Å²) in [5.74, 6) is 0.680. The molecule has 9 heteroatoms. The molecule has 1 N–H and O–H groups in total. The number of aromatic nitrogens is 2. The van der Waals surface area contributed by atoms with Crippen molar-refractivity contribution in [2.45, 2.75) is 13.0 Å². The SMILES string of the molecule is COCC(COC)n1cc(Cl)nc(Nc2c(C)cc(OC)cc2Cl)c1=O. The Morgan fingerprint density at radius 1 is 1.19 bits per heavy atom. The molecule has 0 atom stereocenters. The van der Waals surface area contributed by atoms with Gasteiger partial charge in [-0.15, -0.1) is 0 Å². The van der Waals surface area contributed by atoms with Crippen molar-refractivity contribution in [1.82, 2.24) is 9.55 Å². The van der Waals surface area contributed by atoms with Crippen LogP contribution in [0.2, 0.25) is 10.2 Å². The topological polar surface area (TPSA) is 74.6 Å². The first kappa shape index (κ1) is 20.5. The van der Waals surface area contributed by atoms with Gasteiger partial charge in [-0.2, -0.15) is 0 Å². The Labute approximate surface area is 161 Å². The van der Waals surface area contributed by atoms with E-state index >= 15 is 0 Å². The molecule has 0 bridgehead atoms. The van der Waals surface area contributed by atoms with Crippen LogP contribution in [-0.4, -0.2) is 44.1 Å². The number of rotatable bonds is 8. The molecule has 0 saturated heterocycles. The Balaban J connectivity index is 2.47. The molecule has 0 fully saturated rings. The van der Waals surface area contributed by atoms with Gasteiger partial charge in [-0.1, -0.05) is 23.2 Å². The second-order valence-corrected chi connectivity index (χ2v) is 6.41. The summed E-state index contributed by atoms with van der Waals surface area (Å²) >= 11 is 12.4. The number of aryl methyl sites for hydroxylation is 1. The predicted molar refractivity (Wildman–Crippen MR) is 102 cm³/mol. The van der Waals surface area contributed by atoms with E-state index in [1.54, 1.807) is 33.5 Å². The van der Waals surface area contributed by atoms with Crippen LogP contribution in [0.4, 0.5) is 11.5 Å². The fourth-order valence-corrected chi connectivity index (χ4v) is 3.03. The molecule has 1 heterocycles. The maximum absolute atomic E-state index is 12.9. The second kappa shape index (κ2) is 9.23. The van der Waals surface area contributed by atoms with Gasteiger partial charge in [-0.3, -0.25) is 4.79 Å². The van der Waals surface area contributed by atoms with Crippen LogP contribution >= 0.6 is 23.2 Å². The van der Waals surface area contributed by atoms with Gasteiger partial charge in [0, 0.05) is 26.5 Å². The highest BCUT2D eigenvalue weighted by molar-refractivity contribution is 6.33. The number of nitrogens with zero attached hydrogens (tertiary/aromatic N) is 2. The van der Waals surface area contributed by atoms with Crippen LogP contribution in [0.3, 0.4) is 0 Å². The van der Waals surface area contributed by atoms with E-state index in [4.69, 9.17) is 37.4 Å². The van der Waals surface area contributed by atoms with E-state index in [1.165, 1.54) is 10.8 Å². The Morgan fingerprint density at radius 3 is 2.38 bits per heavy atom. The third kappa shape index (κ3) is 4.67. The van der Waals surface area contributed by atoms with Crippen molar-refractivity contribution in [2.75, 3.05) is 39.9 Å². The Morgan fingerprint density at radius 2 is 1.85 bits per heavy atom. The number of anilines is 2. The van der Waals surface area contributed by atoms with Gasteiger partial charge < -0.3 is 24.1 Å². The van der Waals surface area contributed by atoms with E-state index in [9.17, 15) is 4.79 Å². The van der Waals surface area contributed by atoms with Gasteiger partial charge in [0.15, 0.2) is 5.82 Å². The fourth-order valence-electron chi connectivity index (χ4n) is 2.53. The quantitative estimate of drug-likeness (QED) is 0.729. The predicted octanol–water partition coefficient (Wildman–Crippen LogP) is 3.44. The molecule has 0 spiro atoms. The van der Waals surface area contributed by atoms with Crippen molar-refractivity contribution < 1.29 is 14.2 Å². The Kier molecular flexibility index (Phi) is 7.28. The standard InChI is InChI=1S/C17H21Cl2N3O4/c1-10-5-12(26-4)6-13(18)15(10)21-16-17(23)22(7-14(19)20-16)11(8-24-2)9-25-3/h5-7,11H,8-9H2,1-4H3,(H,20,21). The molecule has 0 radical (unpaired) electrons. The molecular weight excluding hydrogens is 381 g/mol. The van der Waals surface area contributed by atoms with Crippen molar-refractivity contribution in [2.24, 2.45) is 0 Å². The molecule has 0 aliphatic heterocycles. The molecule has 1 aromatic heterocycles. The molecule has 1 aromatic carbocycles. The van der Waals surface area contributed by atoms with Gasteiger partial charge in [0.1, 0.15) is 10.9 Å². The number of methoxy groups -OCH3 is 3. The van der Waals surface area contributed by atoms with Gasteiger partial charge in [0.05, 0.1) is 37.1 Å². The largest absolute Gasteiger partial charge is 0.497 e. The van der Waals surface area contributed by atoms with E-state index in [0.29, 0.717) is 16.5 Å². The minimum atomic E-state index is -0.361. The van der Waals surface area contributed by atoms with Gasteiger partial charge in [-0.05, 0) is 18.6 Å². The summed E-state index contributed by atoms with van der Waals surface area (Å²) in [7, 11) is 4.66. The average molecular weight is 402 g/mol. The number of nitrogens with one attached hydrogen (secondary N) is 1.